The summed E-state index contributed by atoms with van der Waals surface area (Å²) in [4.78, 5) is 0. The van der Waals surface area contributed by atoms with Gasteiger partial charge in [0.15, 0.2) is 0 Å². The van der Waals surface area contributed by atoms with Crippen LogP contribution in [-0.2, 0) is 51.1 Å². The van der Waals surface area contributed by atoms with Crippen molar-refractivity contribution in [1.29, 1.82) is 0 Å². The molecule has 4 aromatic rings. The standard InChI is InChI=1S/C49H52O8/c1-5-9-34-19-32(13-15-45(34)54-29-42-26-51-42)38-21-36(11-7-3)48(55-30-43-27-52-43)40(23-38)25-41-24-39(22-37(12-8-4)49(41)56-31-44-28-53-44)33-14-16-46(35(20-33)10-6-2)57-47-17-18-50-47/h5-8,13-16,19-24,42-44,47H,1-4,9-12,17-18,25-31H2. The number of ether oxygens (including phenoxy) is 8. The average Bonchev–Trinajstić information content (AvgIpc) is 4.04. The van der Waals surface area contributed by atoms with E-state index in [2.05, 4.69) is 80.9 Å². The summed E-state index contributed by atoms with van der Waals surface area (Å²) in [5, 5.41) is 0. The summed E-state index contributed by atoms with van der Waals surface area (Å²) < 4.78 is 47.8. The van der Waals surface area contributed by atoms with Crippen molar-refractivity contribution in [1.82, 2.24) is 0 Å². The van der Waals surface area contributed by atoms with Crippen LogP contribution in [0.15, 0.2) is 111 Å². The van der Waals surface area contributed by atoms with Crippen molar-refractivity contribution in [2.75, 3.05) is 46.2 Å². The average molecular weight is 769 g/mol. The van der Waals surface area contributed by atoms with Crippen LogP contribution in [0.1, 0.15) is 39.8 Å². The van der Waals surface area contributed by atoms with Gasteiger partial charge in [-0.25, -0.2) is 0 Å². The Morgan fingerprint density at radius 3 is 1.33 bits per heavy atom. The van der Waals surface area contributed by atoms with Crippen molar-refractivity contribution >= 4 is 0 Å². The Bertz CT molecular complexity index is 2100. The predicted molar refractivity (Wildman–Crippen MR) is 223 cm³/mol. The number of rotatable bonds is 23. The first-order valence-electron chi connectivity index (χ1n) is 20.0. The lowest BCUT2D eigenvalue weighted by atomic mass is 9.90. The lowest BCUT2D eigenvalue weighted by Gasteiger charge is -2.28. The van der Waals surface area contributed by atoms with Crippen LogP contribution in [0.4, 0.5) is 0 Å². The van der Waals surface area contributed by atoms with Crippen LogP contribution in [0.3, 0.4) is 0 Å². The molecule has 4 aliphatic heterocycles. The van der Waals surface area contributed by atoms with Gasteiger partial charge in [0.1, 0.15) is 61.1 Å². The van der Waals surface area contributed by atoms with E-state index in [-0.39, 0.29) is 24.6 Å². The summed E-state index contributed by atoms with van der Waals surface area (Å²) in [7, 11) is 0. The van der Waals surface area contributed by atoms with Gasteiger partial charge in [-0.3, -0.25) is 0 Å². The summed E-state index contributed by atoms with van der Waals surface area (Å²) in [6.07, 6.45) is 11.9. The molecule has 0 N–H and O–H groups in total. The van der Waals surface area contributed by atoms with Gasteiger partial charge in [0.05, 0.1) is 26.4 Å². The Morgan fingerprint density at radius 2 is 0.895 bits per heavy atom. The van der Waals surface area contributed by atoms with E-state index in [0.29, 0.717) is 65.1 Å². The van der Waals surface area contributed by atoms with Crippen LogP contribution in [0.2, 0.25) is 0 Å². The van der Waals surface area contributed by atoms with Crippen molar-refractivity contribution < 1.29 is 37.9 Å². The summed E-state index contributed by atoms with van der Waals surface area (Å²) in [6.45, 7) is 20.7. The molecule has 4 aromatic carbocycles. The largest absolute Gasteiger partial charge is 0.490 e. The minimum Gasteiger partial charge on any atom is -0.490 e. The molecule has 4 saturated heterocycles. The Balaban J connectivity index is 1.22. The highest BCUT2D eigenvalue weighted by Crippen LogP contribution is 2.40. The molecule has 0 radical (unpaired) electrons. The maximum atomic E-state index is 6.66. The zero-order valence-corrected chi connectivity index (χ0v) is 32.7. The zero-order valence-electron chi connectivity index (χ0n) is 32.7. The summed E-state index contributed by atoms with van der Waals surface area (Å²) >= 11 is 0. The smallest absolute Gasteiger partial charge is 0.202 e. The molecule has 0 saturated carbocycles. The van der Waals surface area contributed by atoms with Crippen LogP contribution in [0, 0.1) is 0 Å². The molecule has 0 aromatic heterocycles. The van der Waals surface area contributed by atoms with E-state index in [4.69, 9.17) is 37.9 Å². The zero-order chi connectivity index (χ0) is 39.1. The number of benzene rings is 4. The monoisotopic (exact) mass is 768 g/mol. The molecule has 0 amide bonds. The van der Waals surface area contributed by atoms with Crippen LogP contribution in [0.25, 0.3) is 22.3 Å². The Hall–Kier alpha value is -5.12. The predicted octanol–water partition coefficient (Wildman–Crippen LogP) is 8.98. The van der Waals surface area contributed by atoms with Crippen molar-refractivity contribution in [2.24, 2.45) is 0 Å². The van der Waals surface area contributed by atoms with Gasteiger partial charge in [-0.2, -0.15) is 0 Å². The SMILES string of the molecule is C=CCc1cc(-c2cc(CC=C)c(OCC3CO3)c(Cc3cc(-c4ccc(OC5CCO5)c(CC=C)c4)cc(CC=C)c3OCC3CO3)c2)ccc1OCC1CO1. The molecule has 0 aliphatic carbocycles. The number of epoxide rings is 3. The highest BCUT2D eigenvalue weighted by molar-refractivity contribution is 5.72. The second-order valence-corrected chi connectivity index (χ2v) is 15.0. The van der Waals surface area contributed by atoms with E-state index in [1.807, 2.05) is 30.4 Å². The lowest BCUT2D eigenvalue weighted by Crippen LogP contribution is -2.32. The molecule has 0 bridgehead atoms. The van der Waals surface area contributed by atoms with E-state index in [0.717, 1.165) is 98.3 Å². The maximum absolute atomic E-state index is 6.66. The lowest BCUT2D eigenvalue weighted by molar-refractivity contribution is -0.165. The highest BCUT2D eigenvalue weighted by atomic mass is 16.7. The van der Waals surface area contributed by atoms with Crippen molar-refractivity contribution in [3.8, 4) is 45.3 Å². The van der Waals surface area contributed by atoms with Gasteiger partial charge in [0, 0.05) is 12.8 Å². The molecule has 0 spiro atoms. The van der Waals surface area contributed by atoms with Crippen LogP contribution in [-0.4, -0.2) is 70.9 Å². The Kier molecular flexibility index (Phi) is 12.2. The Morgan fingerprint density at radius 1 is 0.491 bits per heavy atom. The fourth-order valence-corrected chi connectivity index (χ4v) is 7.18. The maximum Gasteiger partial charge on any atom is 0.202 e. The van der Waals surface area contributed by atoms with Gasteiger partial charge in [-0.1, -0.05) is 36.4 Å². The van der Waals surface area contributed by atoms with Gasteiger partial charge in [-0.15, -0.1) is 26.3 Å². The molecule has 8 heteroatoms. The van der Waals surface area contributed by atoms with Crippen molar-refractivity contribution in [2.45, 2.75) is 63.1 Å². The minimum atomic E-state index is -0.205. The third kappa shape index (κ3) is 9.89. The topological polar surface area (TPSA) is 83.7 Å². The van der Waals surface area contributed by atoms with Gasteiger partial charge >= 0.3 is 0 Å². The molecule has 4 atom stereocenters. The molecule has 296 valence electrons. The van der Waals surface area contributed by atoms with Crippen LogP contribution >= 0.6 is 0 Å². The van der Waals surface area contributed by atoms with Gasteiger partial charge in [0.25, 0.3) is 0 Å². The van der Waals surface area contributed by atoms with E-state index in [1.54, 1.807) is 0 Å². The number of hydrogen-bond acceptors (Lipinski definition) is 8. The quantitative estimate of drug-likeness (QED) is 0.0547. The van der Waals surface area contributed by atoms with Gasteiger partial charge in [0.2, 0.25) is 6.29 Å². The molecular formula is C49H52O8. The molecule has 4 heterocycles. The molecule has 4 aliphatic rings. The van der Waals surface area contributed by atoms with Crippen LogP contribution in [0.5, 0.6) is 23.0 Å². The molecule has 8 rings (SSSR count). The second kappa shape index (κ2) is 18.0. The third-order valence-electron chi connectivity index (χ3n) is 10.5. The van der Waals surface area contributed by atoms with Gasteiger partial charge in [-0.05, 0) is 130 Å². The third-order valence-corrected chi connectivity index (χ3v) is 10.5. The van der Waals surface area contributed by atoms with Crippen LogP contribution < -0.4 is 18.9 Å². The second-order valence-electron chi connectivity index (χ2n) is 15.0. The first-order chi connectivity index (χ1) is 28.0. The van der Waals surface area contributed by atoms with E-state index < -0.39 is 0 Å². The molecule has 57 heavy (non-hydrogen) atoms. The highest BCUT2D eigenvalue weighted by Gasteiger charge is 2.28. The van der Waals surface area contributed by atoms with Gasteiger partial charge < -0.3 is 37.9 Å². The Labute approximate surface area is 336 Å². The fraction of sp³-hybridized carbons (Fsp3) is 0.347. The minimum absolute atomic E-state index is 0.0937. The molecule has 4 unspecified atom stereocenters. The van der Waals surface area contributed by atoms with E-state index in [1.165, 1.54) is 0 Å². The summed E-state index contributed by atoms with van der Waals surface area (Å²) in [6, 6.07) is 21.7. The number of allylic oxidation sites excluding steroid dienone is 4. The molecular weight excluding hydrogens is 717 g/mol. The summed E-state index contributed by atoms with van der Waals surface area (Å²) in [5.74, 6) is 3.37. The molecule has 8 nitrogen and oxygen atoms in total. The van der Waals surface area contributed by atoms with E-state index in [9.17, 15) is 0 Å². The first-order valence-corrected chi connectivity index (χ1v) is 20.0. The summed E-state index contributed by atoms with van der Waals surface area (Å²) in [5.41, 5.74) is 10.7. The first kappa shape index (κ1) is 38.7. The number of hydrogen-bond donors (Lipinski definition) is 0. The fourth-order valence-electron chi connectivity index (χ4n) is 7.18. The van der Waals surface area contributed by atoms with Crippen molar-refractivity contribution in [3.63, 3.8) is 0 Å². The normalized spacial score (nSPS) is 20.1. The van der Waals surface area contributed by atoms with E-state index >= 15 is 0 Å². The van der Waals surface area contributed by atoms with Crippen molar-refractivity contribution in [3.05, 3.63) is 145 Å². The molecule has 4 fully saturated rings.